The van der Waals surface area contributed by atoms with Gasteiger partial charge in [0.2, 0.25) is 0 Å². The second-order valence-corrected chi connectivity index (χ2v) is 4.19. The quantitative estimate of drug-likeness (QED) is 0.633. The van der Waals surface area contributed by atoms with Crippen LogP contribution in [0.4, 0.5) is 19.0 Å². The van der Waals surface area contributed by atoms with E-state index in [0.29, 0.717) is 28.1 Å². The van der Waals surface area contributed by atoms with Crippen LogP contribution in [-0.2, 0) is 6.18 Å². The molecule has 1 aromatic carbocycles. The van der Waals surface area contributed by atoms with E-state index in [1.807, 2.05) is 0 Å². The summed E-state index contributed by atoms with van der Waals surface area (Å²) >= 11 is 0. The summed E-state index contributed by atoms with van der Waals surface area (Å²) in [6.45, 7) is 0. The van der Waals surface area contributed by atoms with Gasteiger partial charge in [0, 0.05) is 17.0 Å². The lowest BCUT2D eigenvalue weighted by Gasteiger charge is -2.05. The van der Waals surface area contributed by atoms with Gasteiger partial charge in [-0.2, -0.15) is 18.3 Å². The number of rotatable bonds is 1. The van der Waals surface area contributed by atoms with Gasteiger partial charge >= 0.3 is 6.18 Å². The molecule has 0 unspecified atom stereocenters. The molecule has 0 aliphatic heterocycles. The standard InChI is InChI=1S/C12H9F3N4/c13-12(14,15)7-2-1-6-3-9(17-8(6)4-7)10-5-11(16)19-18-10/h1-5,17H,(H3,16,18,19). The second kappa shape index (κ2) is 3.78. The van der Waals surface area contributed by atoms with Crippen molar-refractivity contribution in [2.45, 2.75) is 6.18 Å². The molecule has 0 saturated carbocycles. The van der Waals surface area contributed by atoms with E-state index in [1.54, 1.807) is 12.1 Å². The van der Waals surface area contributed by atoms with E-state index in [9.17, 15) is 13.2 Å². The van der Waals surface area contributed by atoms with E-state index in [2.05, 4.69) is 15.2 Å². The van der Waals surface area contributed by atoms with Crippen LogP contribution in [-0.4, -0.2) is 15.2 Å². The second-order valence-electron chi connectivity index (χ2n) is 4.19. The Labute approximate surface area is 105 Å². The zero-order valence-corrected chi connectivity index (χ0v) is 9.55. The lowest BCUT2D eigenvalue weighted by molar-refractivity contribution is -0.137. The number of nitrogen functional groups attached to an aromatic ring is 1. The minimum atomic E-state index is -4.35. The van der Waals surface area contributed by atoms with E-state index in [1.165, 1.54) is 6.07 Å². The molecule has 4 N–H and O–H groups in total. The van der Waals surface area contributed by atoms with Crippen LogP contribution in [0.15, 0.2) is 30.3 Å². The lowest BCUT2D eigenvalue weighted by atomic mass is 10.1. The highest BCUT2D eigenvalue weighted by molar-refractivity contribution is 5.86. The van der Waals surface area contributed by atoms with Crippen LogP contribution < -0.4 is 5.73 Å². The molecule has 0 spiro atoms. The van der Waals surface area contributed by atoms with Crippen molar-refractivity contribution >= 4 is 16.7 Å². The minimum Gasteiger partial charge on any atom is -0.382 e. The van der Waals surface area contributed by atoms with Gasteiger partial charge in [-0.15, -0.1) is 0 Å². The van der Waals surface area contributed by atoms with E-state index in [0.717, 1.165) is 12.1 Å². The van der Waals surface area contributed by atoms with E-state index < -0.39 is 11.7 Å². The maximum atomic E-state index is 12.6. The number of anilines is 1. The van der Waals surface area contributed by atoms with Gasteiger partial charge in [0.25, 0.3) is 0 Å². The third-order valence-corrected chi connectivity index (χ3v) is 2.84. The molecule has 0 fully saturated rings. The predicted octanol–water partition coefficient (Wildman–Crippen LogP) is 3.16. The first-order valence-electron chi connectivity index (χ1n) is 5.45. The van der Waals surface area contributed by atoms with Crippen molar-refractivity contribution in [1.29, 1.82) is 0 Å². The Morgan fingerprint density at radius 3 is 2.47 bits per heavy atom. The molecule has 0 atom stereocenters. The fourth-order valence-corrected chi connectivity index (χ4v) is 1.92. The third kappa shape index (κ3) is 2.03. The van der Waals surface area contributed by atoms with Crippen LogP contribution in [0.1, 0.15) is 5.56 Å². The van der Waals surface area contributed by atoms with Crippen molar-refractivity contribution < 1.29 is 13.2 Å². The fraction of sp³-hybridized carbons (Fsp3) is 0.0833. The SMILES string of the molecule is Nc1cc(-c2cc3ccc(C(F)(F)F)cc3[nH]2)[nH]n1. The Hall–Kier alpha value is -2.44. The van der Waals surface area contributed by atoms with Crippen molar-refractivity contribution in [1.82, 2.24) is 15.2 Å². The third-order valence-electron chi connectivity index (χ3n) is 2.84. The number of benzene rings is 1. The predicted molar refractivity (Wildman–Crippen MR) is 65.3 cm³/mol. The van der Waals surface area contributed by atoms with Crippen molar-refractivity contribution in [3.05, 3.63) is 35.9 Å². The number of aromatic nitrogens is 3. The van der Waals surface area contributed by atoms with Gasteiger partial charge in [0.1, 0.15) is 5.82 Å². The molecule has 2 heterocycles. The minimum absolute atomic E-state index is 0.324. The number of nitrogens with two attached hydrogens (primary N) is 1. The average Bonchev–Trinajstić information content (AvgIpc) is 2.92. The molecular formula is C12H9F3N4. The van der Waals surface area contributed by atoms with Crippen LogP contribution in [0.3, 0.4) is 0 Å². The molecule has 3 rings (SSSR count). The summed E-state index contributed by atoms with van der Waals surface area (Å²) in [7, 11) is 0. The maximum Gasteiger partial charge on any atom is 0.416 e. The van der Waals surface area contributed by atoms with Crippen molar-refractivity contribution in [3.63, 3.8) is 0 Å². The molecule has 0 aliphatic rings. The number of fused-ring (bicyclic) bond motifs is 1. The summed E-state index contributed by atoms with van der Waals surface area (Å²) in [4.78, 5) is 2.91. The number of nitrogens with zero attached hydrogens (tertiary/aromatic N) is 1. The summed E-state index contributed by atoms with van der Waals surface area (Å²) in [5.41, 5.74) is 6.48. The van der Waals surface area contributed by atoms with Crippen LogP contribution >= 0.6 is 0 Å². The number of halogens is 3. The first-order valence-corrected chi connectivity index (χ1v) is 5.45. The van der Waals surface area contributed by atoms with Crippen LogP contribution in [0.25, 0.3) is 22.3 Å². The highest BCUT2D eigenvalue weighted by Crippen LogP contribution is 2.32. The van der Waals surface area contributed by atoms with Gasteiger partial charge < -0.3 is 10.7 Å². The molecule has 7 heteroatoms. The number of hydrogen-bond acceptors (Lipinski definition) is 2. The molecule has 0 radical (unpaired) electrons. The molecule has 4 nitrogen and oxygen atoms in total. The molecule has 0 saturated heterocycles. The molecule has 0 aliphatic carbocycles. The fourth-order valence-electron chi connectivity index (χ4n) is 1.92. The normalized spacial score (nSPS) is 12.2. The number of hydrogen-bond donors (Lipinski definition) is 3. The van der Waals surface area contributed by atoms with Gasteiger partial charge in [0.05, 0.1) is 17.0 Å². The molecule has 19 heavy (non-hydrogen) atoms. The topological polar surface area (TPSA) is 70.5 Å². The number of nitrogens with one attached hydrogen (secondary N) is 2. The van der Waals surface area contributed by atoms with Gasteiger partial charge in [-0.1, -0.05) is 6.07 Å². The van der Waals surface area contributed by atoms with Crippen LogP contribution in [0.2, 0.25) is 0 Å². The van der Waals surface area contributed by atoms with Gasteiger partial charge in [-0.25, -0.2) is 0 Å². The highest BCUT2D eigenvalue weighted by Gasteiger charge is 2.30. The zero-order valence-electron chi connectivity index (χ0n) is 9.55. The van der Waals surface area contributed by atoms with Crippen LogP contribution in [0.5, 0.6) is 0 Å². The Bertz CT molecular complexity index is 739. The van der Waals surface area contributed by atoms with Crippen LogP contribution in [0, 0.1) is 0 Å². The first kappa shape index (κ1) is 11.6. The van der Waals surface area contributed by atoms with Gasteiger partial charge in [-0.05, 0) is 18.2 Å². The van der Waals surface area contributed by atoms with E-state index in [-0.39, 0.29) is 0 Å². The summed E-state index contributed by atoms with van der Waals surface area (Å²) in [6.07, 6.45) is -4.35. The lowest BCUT2D eigenvalue weighted by Crippen LogP contribution is -2.03. The molecule has 2 aromatic heterocycles. The molecule has 3 aromatic rings. The zero-order chi connectivity index (χ0) is 13.6. The Balaban J connectivity index is 2.11. The van der Waals surface area contributed by atoms with Gasteiger partial charge in [-0.3, -0.25) is 5.10 Å². The Kier molecular flexibility index (Phi) is 2.31. The van der Waals surface area contributed by atoms with E-state index in [4.69, 9.17) is 5.73 Å². The van der Waals surface area contributed by atoms with Crippen molar-refractivity contribution in [2.75, 3.05) is 5.73 Å². The van der Waals surface area contributed by atoms with Crippen molar-refractivity contribution in [2.24, 2.45) is 0 Å². The number of H-pyrrole nitrogens is 2. The molecule has 0 bridgehead atoms. The summed E-state index contributed by atoms with van der Waals surface area (Å²) in [5, 5.41) is 7.16. The molecule has 98 valence electrons. The summed E-state index contributed by atoms with van der Waals surface area (Å²) in [5.74, 6) is 0.324. The van der Waals surface area contributed by atoms with Crippen molar-refractivity contribution in [3.8, 4) is 11.4 Å². The summed E-state index contributed by atoms with van der Waals surface area (Å²) < 4.78 is 37.8. The maximum absolute atomic E-state index is 12.6. The highest BCUT2D eigenvalue weighted by atomic mass is 19.4. The number of alkyl halides is 3. The average molecular weight is 266 g/mol. The molecule has 0 amide bonds. The largest absolute Gasteiger partial charge is 0.416 e. The monoisotopic (exact) mass is 266 g/mol. The molecular weight excluding hydrogens is 257 g/mol. The smallest absolute Gasteiger partial charge is 0.382 e. The summed E-state index contributed by atoms with van der Waals surface area (Å²) in [6, 6.07) is 6.91. The first-order chi connectivity index (χ1) is 8.93. The van der Waals surface area contributed by atoms with Gasteiger partial charge in [0.15, 0.2) is 0 Å². The van der Waals surface area contributed by atoms with E-state index >= 15 is 0 Å². The Morgan fingerprint density at radius 2 is 1.84 bits per heavy atom. The number of aromatic amines is 2. The Morgan fingerprint density at radius 1 is 1.05 bits per heavy atom.